The molecular formula is C16H28N6O. The Balaban J connectivity index is 1.43. The summed E-state index contributed by atoms with van der Waals surface area (Å²) >= 11 is 0. The third-order valence-electron chi connectivity index (χ3n) is 5.12. The highest BCUT2D eigenvalue weighted by atomic mass is 16.2. The van der Waals surface area contributed by atoms with Crippen molar-refractivity contribution in [1.29, 1.82) is 0 Å². The average molecular weight is 320 g/mol. The molecule has 7 heteroatoms. The summed E-state index contributed by atoms with van der Waals surface area (Å²) in [5.74, 6) is -0.120. The second-order valence-electron chi connectivity index (χ2n) is 6.74. The van der Waals surface area contributed by atoms with E-state index in [1.54, 1.807) is 6.20 Å². The highest BCUT2D eigenvalue weighted by molar-refractivity contribution is 5.91. The second-order valence-corrected chi connectivity index (χ2v) is 6.74. The summed E-state index contributed by atoms with van der Waals surface area (Å²) in [6.45, 7) is 3.55. The molecule has 0 atom stereocenters. The molecule has 23 heavy (non-hydrogen) atoms. The van der Waals surface area contributed by atoms with Crippen LogP contribution in [0.25, 0.3) is 0 Å². The molecule has 1 aromatic rings. The van der Waals surface area contributed by atoms with E-state index in [1.807, 2.05) is 4.68 Å². The van der Waals surface area contributed by atoms with Crippen LogP contribution in [-0.2, 0) is 0 Å². The van der Waals surface area contributed by atoms with E-state index in [-0.39, 0.29) is 5.91 Å². The molecule has 0 spiro atoms. The quantitative estimate of drug-likeness (QED) is 0.811. The van der Waals surface area contributed by atoms with Gasteiger partial charge in [0, 0.05) is 19.1 Å². The van der Waals surface area contributed by atoms with Gasteiger partial charge >= 0.3 is 0 Å². The van der Waals surface area contributed by atoms with Crippen LogP contribution in [0.5, 0.6) is 0 Å². The fraction of sp³-hybridized carbons (Fsp3) is 0.812. The summed E-state index contributed by atoms with van der Waals surface area (Å²) in [5, 5.41) is 14.5. The van der Waals surface area contributed by atoms with E-state index in [0.717, 1.165) is 32.5 Å². The summed E-state index contributed by atoms with van der Waals surface area (Å²) in [5.41, 5.74) is 0.423. The van der Waals surface area contributed by atoms with Crippen LogP contribution in [0.15, 0.2) is 6.20 Å². The lowest BCUT2D eigenvalue weighted by atomic mass is 10.1. The van der Waals surface area contributed by atoms with Crippen molar-refractivity contribution in [3.8, 4) is 0 Å². The minimum Gasteiger partial charge on any atom is -0.349 e. The van der Waals surface area contributed by atoms with Gasteiger partial charge < -0.3 is 15.5 Å². The molecule has 2 fully saturated rings. The lowest BCUT2D eigenvalue weighted by Gasteiger charge is -2.23. The Morgan fingerprint density at radius 2 is 2.09 bits per heavy atom. The Morgan fingerprint density at radius 3 is 2.83 bits per heavy atom. The molecule has 1 saturated heterocycles. The average Bonchev–Trinajstić information content (AvgIpc) is 3.27. The largest absolute Gasteiger partial charge is 0.349 e. The van der Waals surface area contributed by atoms with Gasteiger partial charge in [-0.3, -0.25) is 4.79 Å². The van der Waals surface area contributed by atoms with Crippen LogP contribution >= 0.6 is 0 Å². The molecule has 7 nitrogen and oxygen atoms in total. The molecule has 1 aromatic heterocycles. The van der Waals surface area contributed by atoms with Gasteiger partial charge in [-0.1, -0.05) is 18.1 Å². The lowest BCUT2D eigenvalue weighted by Crippen LogP contribution is -2.37. The molecular weight excluding hydrogens is 292 g/mol. The summed E-state index contributed by atoms with van der Waals surface area (Å²) < 4.78 is 1.85. The van der Waals surface area contributed by atoms with E-state index >= 15 is 0 Å². The van der Waals surface area contributed by atoms with E-state index in [2.05, 4.69) is 32.9 Å². The van der Waals surface area contributed by atoms with Gasteiger partial charge in [0.05, 0.1) is 12.2 Å². The van der Waals surface area contributed by atoms with Gasteiger partial charge in [-0.15, -0.1) is 5.10 Å². The first-order valence-electron chi connectivity index (χ1n) is 8.85. The summed E-state index contributed by atoms with van der Waals surface area (Å²) in [6, 6.07) is 1.05. The Kier molecular flexibility index (Phi) is 5.61. The Labute approximate surface area is 137 Å². The van der Waals surface area contributed by atoms with Gasteiger partial charge in [0.15, 0.2) is 5.69 Å². The molecule has 1 amide bonds. The molecule has 2 N–H and O–H groups in total. The molecule has 1 aliphatic carbocycles. The van der Waals surface area contributed by atoms with Gasteiger partial charge in [-0.05, 0) is 45.8 Å². The van der Waals surface area contributed by atoms with Crippen molar-refractivity contribution >= 4 is 5.91 Å². The van der Waals surface area contributed by atoms with Crippen molar-refractivity contribution in [2.24, 2.45) is 0 Å². The molecule has 1 aliphatic heterocycles. The molecule has 0 unspecified atom stereocenters. The zero-order valence-electron chi connectivity index (χ0n) is 14.0. The van der Waals surface area contributed by atoms with Gasteiger partial charge in [0.25, 0.3) is 5.91 Å². The lowest BCUT2D eigenvalue weighted by molar-refractivity contribution is 0.0942. The first-order chi connectivity index (χ1) is 11.2. The molecule has 0 bridgehead atoms. The van der Waals surface area contributed by atoms with Crippen LogP contribution in [0.3, 0.4) is 0 Å². The van der Waals surface area contributed by atoms with Crippen LogP contribution in [0.2, 0.25) is 0 Å². The second kappa shape index (κ2) is 7.88. The van der Waals surface area contributed by atoms with Crippen LogP contribution in [0.4, 0.5) is 0 Å². The maximum atomic E-state index is 12.2. The number of amides is 1. The smallest absolute Gasteiger partial charge is 0.273 e. The van der Waals surface area contributed by atoms with Crippen molar-refractivity contribution < 1.29 is 4.79 Å². The number of piperidine rings is 1. The Hall–Kier alpha value is -1.47. The van der Waals surface area contributed by atoms with E-state index in [1.165, 1.54) is 25.7 Å². The number of aromatic nitrogens is 3. The van der Waals surface area contributed by atoms with Crippen molar-refractivity contribution in [1.82, 2.24) is 30.5 Å². The summed E-state index contributed by atoms with van der Waals surface area (Å²) in [6.07, 6.45) is 9.10. The van der Waals surface area contributed by atoms with Gasteiger partial charge in [0.1, 0.15) is 0 Å². The normalized spacial score (nSPS) is 20.3. The standard InChI is InChI=1S/C16H28N6O/c1-21(13-4-2-3-5-13)11-10-18-16(23)15-12-22(20-19-15)14-6-8-17-9-7-14/h12-14,17H,2-11H2,1H3,(H,18,23). The number of carbonyl (C=O) groups is 1. The highest BCUT2D eigenvalue weighted by Gasteiger charge is 2.20. The zero-order valence-corrected chi connectivity index (χ0v) is 14.0. The maximum absolute atomic E-state index is 12.2. The Bertz CT molecular complexity index is 504. The topological polar surface area (TPSA) is 75.1 Å². The van der Waals surface area contributed by atoms with Crippen LogP contribution in [0.1, 0.15) is 55.1 Å². The monoisotopic (exact) mass is 320 g/mol. The van der Waals surface area contributed by atoms with Crippen molar-refractivity contribution in [3.05, 3.63) is 11.9 Å². The predicted octanol–water partition coefficient (Wildman–Crippen LogP) is 0.807. The number of hydrogen-bond acceptors (Lipinski definition) is 5. The summed E-state index contributed by atoms with van der Waals surface area (Å²) in [4.78, 5) is 14.5. The molecule has 2 aliphatic rings. The minimum absolute atomic E-state index is 0.120. The number of nitrogens with zero attached hydrogens (tertiary/aromatic N) is 4. The van der Waals surface area contributed by atoms with E-state index in [4.69, 9.17) is 0 Å². The number of likely N-dealkylation sites (N-methyl/N-ethyl adjacent to an activating group) is 1. The van der Waals surface area contributed by atoms with Crippen LogP contribution < -0.4 is 10.6 Å². The molecule has 0 aromatic carbocycles. The molecule has 128 valence electrons. The van der Waals surface area contributed by atoms with Gasteiger partial charge in [-0.2, -0.15) is 0 Å². The first-order valence-corrected chi connectivity index (χ1v) is 8.85. The van der Waals surface area contributed by atoms with Gasteiger partial charge in [-0.25, -0.2) is 4.68 Å². The van der Waals surface area contributed by atoms with Crippen LogP contribution in [-0.4, -0.2) is 65.1 Å². The fourth-order valence-corrected chi connectivity index (χ4v) is 3.59. The van der Waals surface area contributed by atoms with Gasteiger partial charge in [0.2, 0.25) is 0 Å². The fourth-order valence-electron chi connectivity index (χ4n) is 3.59. The van der Waals surface area contributed by atoms with E-state index in [0.29, 0.717) is 24.3 Å². The molecule has 3 rings (SSSR count). The third kappa shape index (κ3) is 4.29. The Morgan fingerprint density at radius 1 is 1.35 bits per heavy atom. The predicted molar refractivity (Wildman–Crippen MR) is 88.4 cm³/mol. The SMILES string of the molecule is CN(CCNC(=O)c1cn(C2CCNCC2)nn1)C1CCCC1. The number of hydrogen-bond donors (Lipinski definition) is 2. The van der Waals surface area contributed by atoms with Crippen molar-refractivity contribution in [3.63, 3.8) is 0 Å². The van der Waals surface area contributed by atoms with Crippen molar-refractivity contribution in [2.45, 2.75) is 50.6 Å². The number of rotatable bonds is 6. The van der Waals surface area contributed by atoms with E-state index < -0.39 is 0 Å². The number of carbonyl (C=O) groups excluding carboxylic acids is 1. The summed E-state index contributed by atoms with van der Waals surface area (Å²) in [7, 11) is 2.15. The highest BCUT2D eigenvalue weighted by Crippen LogP contribution is 2.21. The third-order valence-corrected chi connectivity index (χ3v) is 5.12. The first kappa shape index (κ1) is 16.4. The van der Waals surface area contributed by atoms with Crippen molar-refractivity contribution in [2.75, 3.05) is 33.2 Å². The van der Waals surface area contributed by atoms with E-state index in [9.17, 15) is 4.79 Å². The molecule has 2 heterocycles. The van der Waals surface area contributed by atoms with Crippen LogP contribution in [0, 0.1) is 0 Å². The minimum atomic E-state index is -0.120. The number of nitrogens with one attached hydrogen (secondary N) is 2. The zero-order chi connectivity index (χ0) is 16.1. The maximum Gasteiger partial charge on any atom is 0.273 e. The molecule has 0 radical (unpaired) electrons. The molecule has 1 saturated carbocycles.